The topological polar surface area (TPSA) is 50.9 Å². The van der Waals surface area contributed by atoms with E-state index in [2.05, 4.69) is 32.3 Å². The molecule has 0 aliphatic carbocycles. The molecule has 3 nitrogen and oxygen atoms in total. The van der Waals surface area contributed by atoms with Gasteiger partial charge in [-0.25, -0.2) is 4.98 Å². The van der Waals surface area contributed by atoms with Crippen molar-refractivity contribution < 1.29 is 0 Å². The normalized spacial score (nSPS) is 10.3. The van der Waals surface area contributed by atoms with Crippen molar-refractivity contribution in [3.63, 3.8) is 0 Å². The third-order valence-corrected chi connectivity index (χ3v) is 2.83. The molecule has 0 radical (unpaired) electrons. The van der Waals surface area contributed by atoms with Crippen molar-refractivity contribution in [3.05, 3.63) is 46.1 Å². The number of nitrogens with two attached hydrogens (primary N) is 1. The smallest absolute Gasteiger partial charge is 0.153 e. The zero-order chi connectivity index (χ0) is 12.4. The summed E-state index contributed by atoms with van der Waals surface area (Å²) < 4.78 is 1.03. The Morgan fingerprint density at radius 2 is 1.94 bits per heavy atom. The summed E-state index contributed by atoms with van der Waals surface area (Å²) in [4.78, 5) is 4.38. The molecule has 4 heteroatoms. The number of anilines is 3. The van der Waals surface area contributed by atoms with Gasteiger partial charge >= 0.3 is 0 Å². The predicted octanol–water partition coefficient (Wildman–Crippen LogP) is 3.79. The van der Waals surface area contributed by atoms with Gasteiger partial charge in [0.25, 0.3) is 0 Å². The van der Waals surface area contributed by atoms with Gasteiger partial charge in [0.1, 0.15) is 0 Å². The van der Waals surface area contributed by atoms with Gasteiger partial charge in [0.15, 0.2) is 5.82 Å². The van der Waals surface area contributed by atoms with Crippen molar-refractivity contribution in [1.82, 2.24) is 4.98 Å². The van der Waals surface area contributed by atoms with Crippen molar-refractivity contribution in [1.29, 1.82) is 0 Å². The average molecular weight is 292 g/mol. The Bertz CT molecular complexity index is 532. The van der Waals surface area contributed by atoms with Gasteiger partial charge in [0.2, 0.25) is 0 Å². The maximum Gasteiger partial charge on any atom is 0.153 e. The predicted molar refractivity (Wildman–Crippen MR) is 75.5 cm³/mol. The molecule has 1 aromatic heterocycles. The molecule has 0 aliphatic heterocycles. The second kappa shape index (κ2) is 4.75. The van der Waals surface area contributed by atoms with Crippen LogP contribution in [0.3, 0.4) is 0 Å². The number of hydrogen-bond donors (Lipinski definition) is 2. The molecule has 17 heavy (non-hydrogen) atoms. The van der Waals surface area contributed by atoms with E-state index in [1.165, 1.54) is 5.56 Å². The van der Waals surface area contributed by atoms with E-state index in [1.807, 2.05) is 38.1 Å². The summed E-state index contributed by atoms with van der Waals surface area (Å²) in [7, 11) is 0. The van der Waals surface area contributed by atoms with E-state index in [4.69, 9.17) is 5.73 Å². The van der Waals surface area contributed by atoms with Gasteiger partial charge in [-0.1, -0.05) is 15.9 Å². The van der Waals surface area contributed by atoms with E-state index < -0.39 is 0 Å². The molecule has 0 saturated heterocycles. The summed E-state index contributed by atoms with van der Waals surface area (Å²) >= 11 is 3.47. The molecular formula is C13H14BrN3. The molecular weight excluding hydrogens is 278 g/mol. The van der Waals surface area contributed by atoms with E-state index >= 15 is 0 Å². The molecule has 2 rings (SSSR count). The lowest BCUT2D eigenvalue weighted by Crippen LogP contribution is -2.00. The fourth-order valence-corrected chi connectivity index (χ4v) is 2.22. The number of nitrogen functional groups attached to an aromatic ring is 1. The molecule has 88 valence electrons. The molecule has 0 atom stereocenters. The molecule has 0 bridgehead atoms. The summed E-state index contributed by atoms with van der Waals surface area (Å²) in [6, 6.07) is 9.85. The van der Waals surface area contributed by atoms with Crippen LogP contribution in [0.1, 0.15) is 11.3 Å². The Morgan fingerprint density at radius 3 is 2.65 bits per heavy atom. The lowest BCUT2D eigenvalue weighted by atomic mass is 10.2. The molecule has 0 unspecified atom stereocenters. The fraction of sp³-hybridized carbons (Fsp3) is 0.154. The van der Waals surface area contributed by atoms with Crippen LogP contribution in [0.15, 0.2) is 34.8 Å². The highest BCUT2D eigenvalue weighted by molar-refractivity contribution is 9.10. The first-order chi connectivity index (χ1) is 8.04. The lowest BCUT2D eigenvalue weighted by molar-refractivity contribution is 1.20. The standard InChI is InChI=1S/C13H14BrN3/c1-8-5-10(14)7-11(6-8)17-13-12(15)4-3-9(2)16-13/h3-7H,15H2,1-2H3,(H,16,17). The van der Waals surface area contributed by atoms with Crippen molar-refractivity contribution >= 4 is 33.1 Å². The van der Waals surface area contributed by atoms with Gasteiger partial charge in [0, 0.05) is 15.9 Å². The SMILES string of the molecule is Cc1cc(Br)cc(Nc2nc(C)ccc2N)c1. The Hall–Kier alpha value is -1.55. The van der Waals surface area contributed by atoms with Crippen molar-refractivity contribution in [2.45, 2.75) is 13.8 Å². The largest absolute Gasteiger partial charge is 0.396 e. The Morgan fingerprint density at radius 1 is 1.18 bits per heavy atom. The van der Waals surface area contributed by atoms with Crippen molar-refractivity contribution in [3.8, 4) is 0 Å². The van der Waals surface area contributed by atoms with Crippen LogP contribution < -0.4 is 11.1 Å². The van der Waals surface area contributed by atoms with Crippen LogP contribution in [-0.4, -0.2) is 4.98 Å². The number of aromatic nitrogens is 1. The van der Waals surface area contributed by atoms with Crippen molar-refractivity contribution in [2.75, 3.05) is 11.1 Å². The van der Waals surface area contributed by atoms with Crippen LogP contribution in [-0.2, 0) is 0 Å². The number of halogens is 1. The van der Waals surface area contributed by atoms with E-state index in [-0.39, 0.29) is 0 Å². The van der Waals surface area contributed by atoms with Crippen LogP contribution in [0, 0.1) is 13.8 Å². The first kappa shape index (κ1) is 11.9. The fourth-order valence-electron chi connectivity index (χ4n) is 1.61. The van der Waals surface area contributed by atoms with E-state index in [0.717, 1.165) is 15.9 Å². The summed E-state index contributed by atoms with van der Waals surface area (Å²) in [6.45, 7) is 3.99. The van der Waals surface area contributed by atoms with Crippen LogP contribution in [0.2, 0.25) is 0 Å². The summed E-state index contributed by atoms with van der Waals surface area (Å²) in [5.74, 6) is 0.697. The quantitative estimate of drug-likeness (QED) is 0.885. The van der Waals surface area contributed by atoms with Crippen LogP contribution in [0.4, 0.5) is 17.2 Å². The highest BCUT2D eigenvalue weighted by atomic mass is 79.9. The van der Waals surface area contributed by atoms with E-state index in [9.17, 15) is 0 Å². The molecule has 0 spiro atoms. The minimum Gasteiger partial charge on any atom is -0.396 e. The van der Waals surface area contributed by atoms with Crippen molar-refractivity contribution in [2.24, 2.45) is 0 Å². The maximum absolute atomic E-state index is 5.88. The Balaban J connectivity index is 2.34. The molecule has 0 amide bonds. The molecule has 1 heterocycles. The third-order valence-electron chi connectivity index (χ3n) is 2.37. The number of pyridine rings is 1. The number of rotatable bonds is 2. The Labute approximate surface area is 109 Å². The van der Waals surface area contributed by atoms with E-state index in [1.54, 1.807) is 0 Å². The number of nitrogens with one attached hydrogen (secondary N) is 1. The molecule has 3 N–H and O–H groups in total. The zero-order valence-electron chi connectivity index (χ0n) is 9.79. The summed E-state index contributed by atoms with van der Waals surface area (Å²) in [5.41, 5.74) is 9.61. The highest BCUT2D eigenvalue weighted by Crippen LogP contribution is 2.24. The van der Waals surface area contributed by atoms with Gasteiger partial charge in [-0.3, -0.25) is 0 Å². The molecule has 0 aliphatic rings. The summed E-state index contributed by atoms with van der Waals surface area (Å²) in [6.07, 6.45) is 0. The minimum absolute atomic E-state index is 0.647. The van der Waals surface area contributed by atoms with Crippen LogP contribution in [0.25, 0.3) is 0 Å². The third kappa shape index (κ3) is 2.97. The summed E-state index contributed by atoms with van der Waals surface area (Å²) in [5, 5.41) is 3.23. The zero-order valence-corrected chi connectivity index (χ0v) is 11.4. The van der Waals surface area contributed by atoms with E-state index in [0.29, 0.717) is 11.5 Å². The number of hydrogen-bond acceptors (Lipinski definition) is 3. The van der Waals surface area contributed by atoms with Gasteiger partial charge in [-0.05, 0) is 49.7 Å². The van der Waals surface area contributed by atoms with Gasteiger partial charge in [-0.15, -0.1) is 0 Å². The monoisotopic (exact) mass is 291 g/mol. The molecule has 0 fully saturated rings. The van der Waals surface area contributed by atoms with Crippen LogP contribution in [0.5, 0.6) is 0 Å². The maximum atomic E-state index is 5.88. The lowest BCUT2D eigenvalue weighted by Gasteiger charge is -2.10. The number of aryl methyl sites for hydroxylation is 2. The second-order valence-electron chi connectivity index (χ2n) is 4.03. The van der Waals surface area contributed by atoms with Crippen LogP contribution >= 0.6 is 15.9 Å². The number of nitrogens with zero attached hydrogens (tertiary/aromatic N) is 1. The minimum atomic E-state index is 0.647. The first-order valence-electron chi connectivity index (χ1n) is 5.32. The second-order valence-corrected chi connectivity index (χ2v) is 4.95. The molecule has 2 aromatic rings. The van der Waals surface area contributed by atoms with Gasteiger partial charge < -0.3 is 11.1 Å². The average Bonchev–Trinajstić information content (AvgIpc) is 2.22. The molecule has 1 aromatic carbocycles. The Kier molecular flexibility index (Phi) is 3.33. The molecule has 0 saturated carbocycles. The highest BCUT2D eigenvalue weighted by Gasteiger charge is 2.03. The first-order valence-corrected chi connectivity index (χ1v) is 6.11. The van der Waals surface area contributed by atoms with Gasteiger partial charge in [-0.2, -0.15) is 0 Å². The van der Waals surface area contributed by atoms with Gasteiger partial charge in [0.05, 0.1) is 5.69 Å². The number of benzene rings is 1.